The molecular formula is C36H57N3O7Si2. The Morgan fingerprint density at radius 2 is 1.62 bits per heavy atom. The predicted molar refractivity (Wildman–Crippen MR) is 196 cm³/mol. The number of benzene rings is 1. The Hall–Kier alpha value is -3.20. The molecular weight excluding hydrogens is 643 g/mol. The van der Waals surface area contributed by atoms with Gasteiger partial charge in [-0.25, -0.2) is 14.6 Å². The molecule has 0 unspecified atom stereocenters. The van der Waals surface area contributed by atoms with Crippen LogP contribution in [0.25, 0.3) is 11.0 Å². The third-order valence-electron chi connectivity index (χ3n) is 8.43. The third kappa shape index (κ3) is 11.7. The van der Waals surface area contributed by atoms with Crippen molar-refractivity contribution in [3.8, 4) is 11.5 Å². The van der Waals surface area contributed by atoms with Gasteiger partial charge in [0.1, 0.15) is 35.5 Å². The van der Waals surface area contributed by atoms with E-state index < -0.39 is 40.1 Å². The number of hydrogen-bond donors (Lipinski definition) is 1. The fourth-order valence-electron chi connectivity index (χ4n) is 4.66. The smallest absolute Gasteiger partial charge is 0.408 e. The molecule has 1 amide bonds. The number of nitrogens with zero attached hydrogens (tertiary/aromatic N) is 2. The number of hydrogen-bond acceptors (Lipinski definition) is 8. The van der Waals surface area contributed by atoms with Gasteiger partial charge in [-0.3, -0.25) is 0 Å². The van der Waals surface area contributed by atoms with E-state index in [1.165, 1.54) is 7.11 Å². The summed E-state index contributed by atoms with van der Waals surface area (Å²) in [7, 11) is -1.84. The van der Waals surface area contributed by atoms with Gasteiger partial charge < -0.3 is 33.3 Å². The van der Waals surface area contributed by atoms with Crippen LogP contribution >= 0.6 is 0 Å². The van der Waals surface area contributed by atoms with Crippen molar-refractivity contribution in [1.82, 2.24) is 14.9 Å². The summed E-state index contributed by atoms with van der Waals surface area (Å²) < 4.78 is 31.4. The lowest BCUT2D eigenvalue weighted by atomic mass is 10.1. The van der Waals surface area contributed by atoms with Crippen LogP contribution < -0.4 is 10.1 Å². The predicted octanol–water partition coefficient (Wildman–Crippen LogP) is 8.31. The highest BCUT2D eigenvalue weighted by Crippen LogP contribution is 2.37. The molecule has 0 bridgehead atoms. The Kier molecular flexibility index (Phi) is 13.1. The summed E-state index contributed by atoms with van der Waals surface area (Å²) in [6.45, 7) is 25.3. The van der Waals surface area contributed by atoms with Gasteiger partial charge in [-0.05, 0) is 80.7 Å². The van der Waals surface area contributed by atoms with Gasteiger partial charge in [0.15, 0.2) is 8.32 Å². The number of aromatic nitrogens is 2. The first kappa shape index (κ1) is 39.2. The summed E-state index contributed by atoms with van der Waals surface area (Å²) in [5.74, 6) is 0.762. The number of carbonyl (C=O) groups excluding carboxylic acids is 2. The number of fused-ring (bicyclic) bond motifs is 1. The fraction of sp³-hybridized carbons (Fsp3) is 0.583. The van der Waals surface area contributed by atoms with E-state index in [0.717, 1.165) is 28.2 Å². The molecule has 0 aliphatic rings. The van der Waals surface area contributed by atoms with Gasteiger partial charge in [-0.2, -0.15) is 0 Å². The van der Waals surface area contributed by atoms with E-state index in [-0.39, 0.29) is 11.5 Å². The van der Waals surface area contributed by atoms with Gasteiger partial charge in [0.25, 0.3) is 0 Å². The molecule has 0 aliphatic carbocycles. The van der Waals surface area contributed by atoms with E-state index in [2.05, 4.69) is 69.6 Å². The van der Waals surface area contributed by atoms with Crippen molar-refractivity contribution in [2.24, 2.45) is 0 Å². The molecule has 10 nitrogen and oxygen atoms in total. The summed E-state index contributed by atoms with van der Waals surface area (Å²) in [6.07, 6.45) is 4.13. The molecule has 0 radical (unpaired) electrons. The quantitative estimate of drug-likeness (QED) is 0.0959. The van der Waals surface area contributed by atoms with Gasteiger partial charge in [0.05, 0.1) is 12.5 Å². The number of ether oxygens (including phenoxy) is 4. The van der Waals surface area contributed by atoms with Crippen LogP contribution in [0.3, 0.4) is 0 Å². The van der Waals surface area contributed by atoms with Crippen LogP contribution in [-0.4, -0.2) is 70.0 Å². The lowest BCUT2D eigenvalue weighted by Gasteiger charge is -2.36. The second-order valence-electron chi connectivity index (χ2n) is 16.0. The monoisotopic (exact) mass is 699 g/mol. The van der Waals surface area contributed by atoms with Crippen LogP contribution in [0.15, 0.2) is 42.7 Å². The van der Waals surface area contributed by atoms with Gasteiger partial charge in [0, 0.05) is 40.1 Å². The maximum Gasteiger partial charge on any atom is 0.408 e. The Morgan fingerprint density at radius 3 is 2.21 bits per heavy atom. The molecule has 0 saturated heterocycles. The SMILES string of the molecule is COC(=O)[C@H](Cc1ccc(Oc2ccnc3c2c(CCO[Si](C)(C)C(C)(C)C)cn3COCC[Si](C)(C)C)cc1)NC(=O)OC(C)(C)C. The average molecular weight is 700 g/mol. The van der Waals surface area contributed by atoms with Crippen LogP contribution in [0.1, 0.15) is 52.7 Å². The Morgan fingerprint density at radius 1 is 0.958 bits per heavy atom. The molecule has 1 aromatic carbocycles. The largest absolute Gasteiger partial charge is 0.467 e. The molecule has 2 heterocycles. The number of carbonyl (C=O) groups is 2. The second-order valence-corrected chi connectivity index (χ2v) is 26.4. The van der Waals surface area contributed by atoms with E-state index in [0.29, 0.717) is 37.9 Å². The number of methoxy groups -OCH3 is 1. The number of esters is 1. The zero-order valence-electron chi connectivity index (χ0n) is 31.1. The van der Waals surface area contributed by atoms with Crippen LogP contribution in [0.4, 0.5) is 4.79 Å². The minimum atomic E-state index is -1.92. The van der Waals surface area contributed by atoms with Crippen molar-refractivity contribution in [3.05, 3.63) is 53.9 Å². The maximum absolute atomic E-state index is 12.5. The summed E-state index contributed by atoms with van der Waals surface area (Å²) >= 11 is 0. The molecule has 266 valence electrons. The zero-order valence-corrected chi connectivity index (χ0v) is 33.1. The molecule has 3 aromatic rings. The highest BCUT2D eigenvalue weighted by atomic mass is 28.4. The van der Waals surface area contributed by atoms with Crippen molar-refractivity contribution in [2.45, 2.75) is 117 Å². The number of nitrogens with one attached hydrogen (secondary N) is 1. The van der Waals surface area contributed by atoms with Crippen molar-refractivity contribution in [1.29, 1.82) is 0 Å². The summed E-state index contributed by atoms with van der Waals surface area (Å²) in [5.41, 5.74) is 2.01. The average Bonchev–Trinajstić information content (AvgIpc) is 3.31. The standard InChI is InChI=1S/C36H57N3O7Si2/c1-35(2,3)46-34(41)38-29(33(40)42-7)23-26-13-15-28(16-14-26)45-30-17-19-37-32-31(30)27(18-20-44-48(11,12)36(4,5)6)24-39(32)25-43-21-22-47(8,9)10/h13-17,19,24,29H,18,20-23,25H2,1-12H3,(H,38,41)/t29-/m0/s1. The number of pyridine rings is 1. The molecule has 1 atom stereocenters. The first-order valence-corrected chi connectivity index (χ1v) is 23.3. The Balaban J connectivity index is 1.84. The van der Waals surface area contributed by atoms with Gasteiger partial charge in [-0.15, -0.1) is 0 Å². The van der Waals surface area contributed by atoms with Crippen LogP contribution in [-0.2, 0) is 43.0 Å². The molecule has 12 heteroatoms. The van der Waals surface area contributed by atoms with Gasteiger partial charge in [0.2, 0.25) is 0 Å². The third-order valence-corrected chi connectivity index (χ3v) is 14.7. The van der Waals surface area contributed by atoms with Crippen molar-refractivity contribution >= 4 is 39.5 Å². The van der Waals surface area contributed by atoms with Gasteiger partial charge in [-0.1, -0.05) is 52.5 Å². The van der Waals surface area contributed by atoms with E-state index in [1.54, 1.807) is 27.0 Å². The van der Waals surface area contributed by atoms with Crippen molar-refractivity contribution < 1.29 is 33.0 Å². The molecule has 2 aromatic heterocycles. The molecule has 0 spiro atoms. The first-order valence-electron chi connectivity index (χ1n) is 16.7. The number of amides is 1. The molecule has 48 heavy (non-hydrogen) atoms. The van der Waals surface area contributed by atoms with E-state index in [4.69, 9.17) is 28.4 Å². The first-order chi connectivity index (χ1) is 22.2. The van der Waals surface area contributed by atoms with Gasteiger partial charge >= 0.3 is 12.1 Å². The molecule has 3 rings (SSSR count). The van der Waals surface area contributed by atoms with Crippen molar-refractivity contribution in [2.75, 3.05) is 20.3 Å². The fourth-order valence-corrected chi connectivity index (χ4v) is 6.46. The Bertz CT molecular complexity index is 1520. The summed E-state index contributed by atoms with van der Waals surface area (Å²) in [4.78, 5) is 29.6. The van der Waals surface area contributed by atoms with Crippen LogP contribution in [0.5, 0.6) is 11.5 Å². The molecule has 0 fully saturated rings. The lowest BCUT2D eigenvalue weighted by molar-refractivity contribution is -0.143. The van der Waals surface area contributed by atoms with E-state index >= 15 is 0 Å². The summed E-state index contributed by atoms with van der Waals surface area (Å²) in [6, 6.07) is 9.50. The van der Waals surface area contributed by atoms with Crippen molar-refractivity contribution in [3.63, 3.8) is 0 Å². The van der Waals surface area contributed by atoms with E-state index in [1.807, 2.05) is 30.3 Å². The van der Waals surface area contributed by atoms with Crippen LogP contribution in [0.2, 0.25) is 43.8 Å². The lowest BCUT2D eigenvalue weighted by Crippen LogP contribution is -2.45. The number of alkyl carbamates (subject to hydrolysis) is 1. The Labute approximate surface area is 289 Å². The van der Waals surface area contributed by atoms with E-state index in [9.17, 15) is 9.59 Å². The normalized spacial score (nSPS) is 13.3. The molecule has 1 N–H and O–H groups in total. The number of rotatable bonds is 15. The molecule has 0 saturated carbocycles. The van der Waals surface area contributed by atoms with Crippen LogP contribution in [0, 0.1) is 0 Å². The molecule has 0 aliphatic heterocycles. The highest BCUT2D eigenvalue weighted by Gasteiger charge is 2.37. The zero-order chi connectivity index (χ0) is 35.9. The minimum Gasteiger partial charge on any atom is -0.467 e. The topological polar surface area (TPSA) is 110 Å². The second kappa shape index (κ2) is 16.0. The maximum atomic E-state index is 12.5. The minimum absolute atomic E-state index is 0.121. The summed E-state index contributed by atoms with van der Waals surface area (Å²) in [5, 5.41) is 3.68. The highest BCUT2D eigenvalue weighted by molar-refractivity contribution is 6.76.